The van der Waals surface area contributed by atoms with Gasteiger partial charge in [-0.25, -0.2) is 0 Å². The molecule has 1 spiro atoms. The number of amides is 4. The Bertz CT molecular complexity index is 2010. The second kappa shape index (κ2) is 15.7. The zero-order valence-electron chi connectivity index (χ0n) is 31.8. The van der Waals surface area contributed by atoms with E-state index in [-0.39, 0.29) is 55.9 Å². The molecule has 5 aliphatic rings. The Kier molecular flexibility index (Phi) is 10.7. The smallest absolute Gasteiger partial charge is 0.250 e. The summed E-state index contributed by atoms with van der Waals surface area (Å²) in [6.07, 6.45) is 7.06. The molecule has 4 amide bonds. The topological polar surface area (TPSA) is 204 Å². The molecule has 0 radical (unpaired) electrons. The maximum absolute atomic E-state index is 13.1. The summed E-state index contributed by atoms with van der Waals surface area (Å²) >= 11 is 0. The number of para-hydroxylation sites is 1. The second-order valence-electron chi connectivity index (χ2n) is 16.0. The molecule has 2 bridgehead atoms. The summed E-state index contributed by atoms with van der Waals surface area (Å²) in [5.41, 5.74) is 3.39. The van der Waals surface area contributed by atoms with Gasteiger partial charge in [0.1, 0.15) is 26.4 Å². The number of hydrogen-bond acceptors (Lipinski definition) is 10. The standard InChI is InChI=1S/C41H52N6O9/c1-42-31(49)20-54-21-32(50)43-14-4-2-3-5-15-44-33(51)22-55-23-34(52)45-28-8-6-7-26-27-18-41(53)30-17-25-11-12-29(48)38-35(25)40(41,13-16-47(30)19-24-9-10-24)39(56-38)37(27)46-36(26)28/h6-8,11-12,24,30,39,46,48,53H,2-5,9-10,13-23H2,1H3,(H,42,49)(H,43,50)(H,44,51)(H,45,52)/t30-,39+,40+,41-/m1/s1. The Morgan fingerprint density at radius 2 is 1.62 bits per heavy atom. The van der Waals surface area contributed by atoms with Crippen molar-refractivity contribution in [1.29, 1.82) is 0 Å². The first-order valence-corrected chi connectivity index (χ1v) is 19.9. The molecule has 2 aliphatic heterocycles. The number of ether oxygens (including phenoxy) is 3. The zero-order valence-corrected chi connectivity index (χ0v) is 31.8. The lowest BCUT2D eigenvalue weighted by molar-refractivity contribution is -0.173. The quantitative estimate of drug-likeness (QED) is 0.0939. The number of nitrogens with one attached hydrogen (secondary N) is 5. The number of carbonyl (C=O) groups is 4. The molecule has 15 heteroatoms. The van der Waals surface area contributed by atoms with Crippen LogP contribution in [0.4, 0.5) is 5.69 Å². The molecule has 4 atom stereocenters. The van der Waals surface area contributed by atoms with E-state index in [9.17, 15) is 29.4 Å². The van der Waals surface area contributed by atoms with Crippen LogP contribution in [0.15, 0.2) is 30.3 Å². The maximum atomic E-state index is 13.1. The number of phenols is 1. The highest BCUT2D eigenvalue weighted by atomic mass is 16.5. The summed E-state index contributed by atoms with van der Waals surface area (Å²) < 4.78 is 17.2. The number of phenolic OH excluding ortho intramolecular Hbond substituents is 1. The van der Waals surface area contributed by atoms with E-state index >= 15 is 0 Å². The molecule has 1 saturated carbocycles. The lowest BCUT2D eigenvalue weighted by atomic mass is 9.49. The lowest BCUT2D eigenvalue weighted by Gasteiger charge is -2.62. The van der Waals surface area contributed by atoms with Crippen molar-refractivity contribution < 1.29 is 43.6 Å². The van der Waals surface area contributed by atoms with Gasteiger partial charge >= 0.3 is 0 Å². The molecule has 2 fully saturated rings. The zero-order chi connectivity index (χ0) is 39.0. The summed E-state index contributed by atoms with van der Waals surface area (Å²) in [6, 6.07) is 9.34. The molecule has 8 rings (SSSR count). The Morgan fingerprint density at radius 3 is 2.32 bits per heavy atom. The van der Waals surface area contributed by atoms with Gasteiger partial charge in [-0.15, -0.1) is 0 Å². The lowest BCUT2D eigenvalue weighted by Crippen LogP contribution is -2.74. The number of aromatic amines is 1. The van der Waals surface area contributed by atoms with Crippen LogP contribution in [-0.2, 0) is 46.9 Å². The average molecular weight is 773 g/mol. The Morgan fingerprint density at radius 1 is 0.929 bits per heavy atom. The van der Waals surface area contributed by atoms with Crippen LogP contribution >= 0.6 is 0 Å². The summed E-state index contributed by atoms with van der Waals surface area (Å²) in [7, 11) is 1.50. The molecule has 56 heavy (non-hydrogen) atoms. The number of unbranched alkanes of at least 4 members (excludes halogenated alkanes) is 3. The van der Waals surface area contributed by atoms with Gasteiger partial charge in [0.05, 0.1) is 27.9 Å². The van der Waals surface area contributed by atoms with Crippen LogP contribution in [0.3, 0.4) is 0 Å². The number of aromatic hydroxyl groups is 1. The van der Waals surface area contributed by atoms with Crippen LogP contribution in [0.25, 0.3) is 10.9 Å². The van der Waals surface area contributed by atoms with E-state index in [1.165, 1.54) is 19.9 Å². The van der Waals surface area contributed by atoms with Crippen molar-refractivity contribution in [3.8, 4) is 11.5 Å². The van der Waals surface area contributed by atoms with Gasteiger partial charge in [0.15, 0.2) is 17.6 Å². The van der Waals surface area contributed by atoms with Gasteiger partial charge in [-0.05, 0) is 74.2 Å². The molecule has 1 saturated heterocycles. The van der Waals surface area contributed by atoms with E-state index in [4.69, 9.17) is 14.2 Å². The first-order chi connectivity index (χ1) is 27.1. The van der Waals surface area contributed by atoms with Gasteiger partial charge < -0.3 is 50.7 Å². The summed E-state index contributed by atoms with van der Waals surface area (Å²) in [5, 5.41) is 35.9. The number of H-pyrrole nitrogens is 1. The van der Waals surface area contributed by atoms with Gasteiger partial charge in [-0.1, -0.05) is 31.0 Å². The molecule has 300 valence electrons. The molecule has 2 aromatic carbocycles. The number of nitrogens with zero attached hydrogens (tertiary/aromatic N) is 1. The van der Waals surface area contributed by atoms with Gasteiger partial charge in [0.25, 0.3) is 0 Å². The van der Waals surface area contributed by atoms with E-state index in [0.29, 0.717) is 49.7 Å². The number of hydrogen-bond donors (Lipinski definition) is 7. The maximum Gasteiger partial charge on any atom is 0.250 e. The highest BCUT2D eigenvalue weighted by molar-refractivity contribution is 6.03. The highest BCUT2D eigenvalue weighted by Gasteiger charge is 2.73. The Hall–Kier alpha value is -4.70. The largest absolute Gasteiger partial charge is 0.504 e. The van der Waals surface area contributed by atoms with Crippen molar-refractivity contribution >= 4 is 40.2 Å². The SMILES string of the molecule is CNC(=O)COCC(=O)NCCCCCCNC(=O)COCC(=O)Nc1cccc2c3c([nH]c12)[C@@H]1Oc2c(O)ccc4c2[C@@]12CCN(CC1CC1)[C@H](C4)[C@]2(O)C3. The van der Waals surface area contributed by atoms with Gasteiger partial charge in [-0.3, -0.25) is 24.1 Å². The molecule has 15 nitrogen and oxygen atoms in total. The van der Waals surface area contributed by atoms with Crippen molar-refractivity contribution in [2.24, 2.45) is 5.92 Å². The molecule has 3 aliphatic carbocycles. The first-order valence-electron chi connectivity index (χ1n) is 19.9. The van der Waals surface area contributed by atoms with E-state index in [0.717, 1.165) is 72.1 Å². The van der Waals surface area contributed by atoms with E-state index in [1.54, 1.807) is 6.07 Å². The minimum Gasteiger partial charge on any atom is -0.504 e. The fraction of sp³-hybridized carbons (Fsp3) is 0.561. The van der Waals surface area contributed by atoms with Crippen LogP contribution in [0.2, 0.25) is 0 Å². The van der Waals surface area contributed by atoms with Crippen molar-refractivity contribution in [2.45, 2.75) is 80.9 Å². The van der Waals surface area contributed by atoms with Crippen LogP contribution < -0.4 is 26.0 Å². The fourth-order valence-electron chi connectivity index (χ4n) is 9.64. The predicted molar refractivity (Wildman–Crippen MR) is 205 cm³/mol. The van der Waals surface area contributed by atoms with Gasteiger partial charge in [0, 0.05) is 50.1 Å². The fourth-order valence-corrected chi connectivity index (χ4v) is 9.64. The van der Waals surface area contributed by atoms with Gasteiger partial charge in [-0.2, -0.15) is 0 Å². The van der Waals surface area contributed by atoms with Crippen molar-refractivity contribution in [3.63, 3.8) is 0 Å². The third-order valence-electron chi connectivity index (χ3n) is 12.4. The van der Waals surface area contributed by atoms with E-state index in [2.05, 4.69) is 31.2 Å². The number of piperidine rings is 1. The number of likely N-dealkylation sites (tertiary alicyclic amines) is 1. The summed E-state index contributed by atoms with van der Waals surface area (Å²) in [5.74, 6) is -0.0291. The third kappa shape index (κ3) is 6.99. The molecule has 3 heterocycles. The number of aliphatic hydroxyl groups is 1. The number of rotatable bonds is 18. The number of fused-ring (bicyclic) bond motifs is 4. The molecule has 0 unspecified atom stereocenters. The number of aromatic nitrogens is 1. The Labute approximate surface area is 325 Å². The molecular weight excluding hydrogens is 720 g/mol. The molecule has 3 aromatic rings. The predicted octanol–water partition coefficient (Wildman–Crippen LogP) is 2.08. The number of anilines is 1. The molecule has 7 N–H and O–H groups in total. The van der Waals surface area contributed by atoms with Gasteiger partial charge in [0.2, 0.25) is 23.6 Å². The first kappa shape index (κ1) is 38.2. The van der Waals surface area contributed by atoms with Crippen LogP contribution in [0.1, 0.15) is 73.4 Å². The summed E-state index contributed by atoms with van der Waals surface area (Å²) in [6.45, 7) is 1.94. The number of carbonyl (C=O) groups excluding carboxylic acids is 4. The number of benzene rings is 2. The normalized spacial score (nSPS) is 24.2. The second-order valence-corrected chi connectivity index (χ2v) is 16.0. The van der Waals surface area contributed by atoms with Crippen LogP contribution in [-0.4, -0.2) is 115 Å². The molecular formula is C41H52N6O9. The van der Waals surface area contributed by atoms with Crippen molar-refractivity contribution in [2.75, 3.05) is 65.0 Å². The van der Waals surface area contributed by atoms with Crippen LogP contribution in [0, 0.1) is 5.92 Å². The summed E-state index contributed by atoms with van der Waals surface area (Å²) in [4.78, 5) is 54.4. The van der Waals surface area contributed by atoms with E-state index in [1.807, 2.05) is 24.3 Å². The Balaban J connectivity index is 0.838. The third-order valence-corrected chi connectivity index (χ3v) is 12.4. The molecule has 1 aromatic heterocycles. The van der Waals surface area contributed by atoms with E-state index < -0.39 is 23.0 Å². The highest BCUT2D eigenvalue weighted by Crippen LogP contribution is 2.69. The van der Waals surface area contributed by atoms with Crippen molar-refractivity contribution in [1.82, 2.24) is 25.8 Å². The monoisotopic (exact) mass is 772 g/mol. The van der Waals surface area contributed by atoms with Crippen LogP contribution in [0.5, 0.6) is 11.5 Å². The van der Waals surface area contributed by atoms with Crippen molar-refractivity contribution in [3.05, 3.63) is 52.7 Å². The minimum atomic E-state index is -1.11. The number of likely N-dealkylation sites (N-methyl/N-ethyl adjacent to an activating group) is 1. The minimum absolute atomic E-state index is 0.0810. The average Bonchev–Trinajstić information content (AvgIpc) is 3.82.